The summed E-state index contributed by atoms with van der Waals surface area (Å²) in [7, 11) is 0. The number of benzene rings is 2. The van der Waals surface area contributed by atoms with E-state index in [4.69, 9.17) is 11.6 Å². The topological polar surface area (TPSA) is 49.4 Å². The lowest BCUT2D eigenvalue weighted by Gasteiger charge is -2.31. The number of carbonyl (C=O) groups excluding carboxylic acids is 2. The summed E-state index contributed by atoms with van der Waals surface area (Å²) >= 11 is 7.60. The third-order valence-electron chi connectivity index (χ3n) is 5.21. The zero-order valence-corrected chi connectivity index (χ0v) is 20.4. The van der Waals surface area contributed by atoms with Crippen LogP contribution in [0.15, 0.2) is 48.5 Å². The van der Waals surface area contributed by atoms with E-state index in [1.54, 1.807) is 16.7 Å². The van der Waals surface area contributed by atoms with E-state index in [2.05, 4.69) is 11.4 Å². The van der Waals surface area contributed by atoms with Crippen LogP contribution in [0, 0.1) is 6.92 Å². The van der Waals surface area contributed by atoms with Crippen LogP contribution in [0.4, 0.5) is 0 Å². The van der Waals surface area contributed by atoms with Gasteiger partial charge in [0.05, 0.1) is 5.75 Å². The second-order valence-corrected chi connectivity index (χ2v) is 9.30. The van der Waals surface area contributed by atoms with Crippen LogP contribution in [-0.2, 0) is 21.9 Å². The SMILES string of the molecule is CC[C@H](C)NC(=O)[C@H](CC)N(Cc1cccc(C)c1)C(=O)CSCc1cccc(Cl)c1. The number of halogens is 1. The Balaban J connectivity index is 2.14. The van der Waals surface area contributed by atoms with E-state index in [0.717, 1.165) is 23.1 Å². The Hall–Kier alpha value is -1.98. The van der Waals surface area contributed by atoms with E-state index < -0.39 is 6.04 Å². The molecular weight excluding hydrogens is 428 g/mol. The Morgan fingerprint density at radius 1 is 1.06 bits per heavy atom. The fourth-order valence-electron chi connectivity index (χ4n) is 3.33. The van der Waals surface area contributed by atoms with Crippen LogP contribution in [0.1, 0.15) is 50.3 Å². The quantitative estimate of drug-likeness (QED) is 0.474. The van der Waals surface area contributed by atoms with E-state index in [0.29, 0.717) is 29.5 Å². The molecular formula is C25H33ClN2O2S. The molecule has 0 unspecified atom stereocenters. The molecule has 6 heteroatoms. The zero-order valence-electron chi connectivity index (χ0n) is 18.9. The van der Waals surface area contributed by atoms with Crippen molar-refractivity contribution in [2.45, 2.75) is 64.9 Å². The Labute approximate surface area is 195 Å². The maximum atomic E-state index is 13.2. The van der Waals surface area contributed by atoms with Gasteiger partial charge in [-0.25, -0.2) is 0 Å². The van der Waals surface area contributed by atoms with Gasteiger partial charge in [-0.05, 0) is 49.9 Å². The van der Waals surface area contributed by atoms with E-state index in [-0.39, 0.29) is 17.9 Å². The van der Waals surface area contributed by atoms with E-state index in [1.807, 2.05) is 70.2 Å². The van der Waals surface area contributed by atoms with Gasteiger partial charge in [-0.1, -0.05) is 67.4 Å². The molecule has 0 saturated carbocycles. The second kappa shape index (κ2) is 12.8. The maximum absolute atomic E-state index is 13.2. The van der Waals surface area contributed by atoms with Gasteiger partial charge in [0.15, 0.2) is 0 Å². The lowest BCUT2D eigenvalue weighted by atomic mass is 10.1. The van der Waals surface area contributed by atoms with Crippen LogP contribution in [0.3, 0.4) is 0 Å². The number of hydrogen-bond donors (Lipinski definition) is 1. The third kappa shape index (κ3) is 8.23. The molecule has 2 amide bonds. The molecule has 0 saturated heterocycles. The Morgan fingerprint density at radius 2 is 1.77 bits per heavy atom. The summed E-state index contributed by atoms with van der Waals surface area (Å²) in [6.07, 6.45) is 1.42. The van der Waals surface area contributed by atoms with Crippen molar-refractivity contribution < 1.29 is 9.59 Å². The fraction of sp³-hybridized carbons (Fsp3) is 0.440. The zero-order chi connectivity index (χ0) is 22.8. The molecule has 0 aromatic heterocycles. The molecule has 4 nitrogen and oxygen atoms in total. The number of thioether (sulfide) groups is 1. The van der Waals surface area contributed by atoms with Gasteiger partial charge in [-0.15, -0.1) is 11.8 Å². The smallest absolute Gasteiger partial charge is 0.243 e. The van der Waals surface area contributed by atoms with Crippen molar-refractivity contribution in [2.24, 2.45) is 0 Å². The molecule has 2 aromatic carbocycles. The van der Waals surface area contributed by atoms with Crippen LogP contribution < -0.4 is 5.32 Å². The number of hydrogen-bond acceptors (Lipinski definition) is 3. The molecule has 0 aliphatic rings. The molecule has 0 radical (unpaired) electrons. The molecule has 0 spiro atoms. The van der Waals surface area contributed by atoms with Crippen LogP contribution in [0.5, 0.6) is 0 Å². The van der Waals surface area contributed by atoms with Crippen LogP contribution >= 0.6 is 23.4 Å². The Kier molecular flexibility index (Phi) is 10.4. The van der Waals surface area contributed by atoms with E-state index in [9.17, 15) is 9.59 Å². The van der Waals surface area contributed by atoms with Crippen molar-refractivity contribution in [1.82, 2.24) is 10.2 Å². The van der Waals surface area contributed by atoms with Gasteiger partial charge in [0.25, 0.3) is 0 Å². The van der Waals surface area contributed by atoms with Crippen LogP contribution in [-0.4, -0.2) is 34.6 Å². The average Bonchev–Trinajstić information content (AvgIpc) is 2.73. The summed E-state index contributed by atoms with van der Waals surface area (Å²) in [6.45, 7) is 8.43. The minimum atomic E-state index is -0.492. The largest absolute Gasteiger partial charge is 0.352 e. The first-order valence-electron chi connectivity index (χ1n) is 10.8. The van der Waals surface area contributed by atoms with E-state index in [1.165, 1.54) is 0 Å². The van der Waals surface area contributed by atoms with Crippen molar-refractivity contribution in [3.05, 3.63) is 70.2 Å². The summed E-state index contributed by atoms with van der Waals surface area (Å²) in [5, 5.41) is 3.74. The number of rotatable bonds is 11. The Morgan fingerprint density at radius 3 is 2.42 bits per heavy atom. The molecule has 0 fully saturated rings. The molecule has 0 heterocycles. The van der Waals surface area contributed by atoms with Crippen molar-refractivity contribution in [3.8, 4) is 0 Å². The minimum Gasteiger partial charge on any atom is -0.352 e. The maximum Gasteiger partial charge on any atom is 0.243 e. The lowest BCUT2D eigenvalue weighted by molar-refractivity contribution is -0.139. The molecule has 2 atom stereocenters. The highest BCUT2D eigenvalue weighted by Crippen LogP contribution is 2.19. The molecule has 31 heavy (non-hydrogen) atoms. The van der Waals surface area contributed by atoms with Gasteiger partial charge < -0.3 is 10.2 Å². The van der Waals surface area contributed by atoms with Gasteiger partial charge >= 0.3 is 0 Å². The molecule has 2 rings (SSSR count). The third-order valence-corrected chi connectivity index (χ3v) is 6.43. The van der Waals surface area contributed by atoms with Gasteiger partial charge in [-0.2, -0.15) is 0 Å². The van der Waals surface area contributed by atoms with Gasteiger partial charge in [0.1, 0.15) is 6.04 Å². The second-order valence-electron chi connectivity index (χ2n) is 7.88. The Bertz CT molecular complexity index is 874. The molecule has 168 valence electrons. The standard InChI is InChI=1S/C25H33ClN2O2S/c1-5-19(4)27-25(30)23(6-2)28(15-20-10-7-9-18(3)13-20)24(29)17-31-16-21-11-8-12-22(26)14-21/h7-14,19,23H,5-6,15-17H2,1-4H3,(H,27,30)/t19-,23-/m0/s1. The highest BCUT2D eigenvalue weighted by Gasteiger charge is 2.29. The van der Waals surface area contributed by atoms with Crippen molar-refractivity contribution in [1.29, 1.82) is 0 Å². The first-order chi connectivity index (χ1) is 14.8. The first kappa shape index (κ1) is 25.3. The normalized spacial score (nSPS) is 12.8. The van der Waals surface area contributed by atoms with Gasteiger partial charge in [0, 0.05) is 23.4 Å². The number of nitrogens with zero attached hydrogens (tertiary/aromatic N) is 1. The summed E-state index contributed by atoms with van der Waals surface area (Å²) in [6, 6.07) is 15.3. The minimum absolute atomic E-state index is 0.0281. The highest BCUT2D eigenvalue weighted by atomic mass is 35.5. The lowest BCUT2D eigenvalue weighted by Crippen LogP contribution is -2.51. The summed E-state index contributed by atoms with van der Waals surface area (Å²) in [5.41, 5.74) is 3.25. The van der Waals surface area contributed by atoms with Crippen LogP contribution in [0.2, 0.25) is 5.02 Å². The average molecular weight is 461 g/mol. The number of aryl methyl sites for hydroxylation is 1. The predicted molar refractivity (Wildman–Crippen MR) is 131 cm³/mol. The van der Waals surface area contributed by atoms with Crippen molar-refractivity contribution >= 4 is 35.2 Å². The highest BCUT2D eigenvalue weighted by molar-refractivity contribution is 7.99. The summed E-state index contributed by atoms with van der Waals surface area (Å²) in [5.74, 6) is 0.892. The van der Waals surface area contributed by atoms with Crippen molar-refractivity contribution in [3.63, 3.8) is 0 Å². The fourth-order valence-corrected chi connectivity index (χ4v) is 4.40. The number of carbonyl (C=O) groups is 2. The summed E-state index contributed by atoms with van der Waals surface area (Å²) < 4.78 is 0. The molecule has 0 bridgehead atoms. The first-order valence-corrected chi connectivity index (χ1v) is 12.3. The van der Waals surface area contributed by atoms with Crippen molar-refractivity contribution in [2.75, 3.05) is 5.75 Å². The van der Waals surface area contributed by atoms with Gasteiger partial charge in [-0.3, -0.25) is 9.59 Å². The predicted octanol–water partition coefficient (Wildman–Crippen LogP) is 5.60. The van der Waals surface area contributed by atoms with Gasteiger partial charge in [0.2, 0.25) is 11.8 Å². The monoisotopic (exact) mass is 460 g/mol. The number of amides is 2. The molecule has 1 N–H and O–H groups in total. The molecule has 0 aliphatic carbocycles. The van der Waals surface area contributed by atoms with Crippen LogP contribution in [0.25, 0.3) is 0 Å². The summed E-state index contributed by atoms with van der Waals surface area (Å²) in [4.78, 5) is 27.9. The number of nitrogens with one attached hydrogen (secondary N) is 1. The van der Waals surface area contributed by atoms with E-state index >= 15 is 0 Å². The molecule has 0 aliphatic heterocycles. The molecule has 2 aromatic rings.